The second-order valence-corrected chi connectivity index (χ2v) is 4.40. The van der Waals surface area contributed by atoms with Crippen LogP contribution in [-0.4, -0.2) is 37.7 Å². The Hall–Kier alpha value is -3.22. The minimum atomic E-state index is -1.10. The minimum absolute atomic E-state index is 0.0588. The third kappa shape index (κ3) is 2.51. The SMILES string of the molecule is COc1ccc(-c2nc(C(=O)O)cn2-c2ccccn2)cn1. The lowest BCUT2D eigenvalue weighted by Crippen LogP contribution is -1.99. The van der Waals surface area contributed by atoms with E-state index in [0.717, 1.165) is 0 Å². The van der Waals surface area contributed by atoms with E-state index in [1.807, 2.05) is 6.07 Å². The molecule has 0 aromatic carbocycles. The largest absolute Gasteiger partial charge is 0.481 e. The number of carboxylic acids is 1. The number of hydrogen-bond donors (Lipinski definition) is 1. The molecule has 3 aromatic heterocycles. The fourth-order valence-corrected chi connectivity index (χ4v) is 1.99. The van der Waals surface area contributed by atoms with Gasteiger partial charge in [0, 0.05) is 30.2 Å². The lowest BCUT2D eigenvalue weighted by Gasteiger charge is -2.06. The van der Waals surface area contributed by atoms with E-state index in [9.17, 15) is 4.79 Å². The summed E-state index contributed by atoms with van der Waals surface area (Å²) in [5, 5.41) is 9.17. The standard InChI is InChI=1S/C15H12N4O3/c1-22-13-6-5-10(8-17-13)14-18-11(15(20)21)9-19(14)12-4-2-3-7-16-12/h2-9H,1H3,(H,20,21). The van der Waals surface area contributed by atoms with Gasteiger partial charge in [0.15, 0.2) is 5.69 Å². The van der Waals surface area contributed by atoms with Crippen LogP contribution in [0.1, 0.15) is 10.5 Å². The number of carboxylic acid groups (broad SMARTS) is 1. The second kappa shape index (κ2) is 5.65. The smallest absolute Gasteiger partial charge is 0.356 e. The Labute approximate surface area is 125 Å². The highest BCUT2D eigenvalue weighted by molar-refractivity contribution is 5.86. The van der Waals surface area contributed by atoms with Gasteiger partial charge in [-0.25, -0.2) is 19.7 Å². The van der Waals surface area contributed by atoms with Crippen LogP contribution < -0.4 is 4.74 Å². The van der Waals surface area contributed by atoms with Gasteiger partial charge >= 0.3 is 5.97 Å². The molecule has 0 fully saturated rings. The van der Waals surface area contributed by atoms with E-state index >= 15 is 0 Å². The molecule has 0 aliphatic carbocycles. The minimum Gasteiger partial charge on any atom is -0.481 e. The molecule has 0 radical (unpaired) electrons. The van der Waals surface area contributed by atoms with Crippen LogP contribution in [0, 0.1) is 0 Å². The van der Waals surface area contributed by atoms with Crippen molar-refractivity contribution in [2.75, 3.05) is 7.11 Å². The second-order valence-electron chi connectivity index (χ2n) is 4.40. The lowest BCUT2D eigenvalue weighted by atomic mass is 10.2. The van der Waals surface area contributed by atoms with Gasteiger partial charge in [0.1, 0.15) is 11.6 Å². The molecule has 3 aromatic rings. The molecule has 7 nitrogen and oxygen atoms in total. The average molecular weight is 296 g/mol. The van der Waals surface area contributed by atoms with Crippen LogP contribution >= 0.6 is 0 Å². The van der Waals surface area contributed by atoms with E-state index in [0.29, 0.717) is 23.1 Å². The van der Waals surface area contributed by atoms with Gasteiger partial charge in [-0.15, -0.1) is 0 Å². The van der Waals surface area contributed by atoms with Crippen molar-refractivity contribution in [3.63, 3.8) is 0 Å². The molecule has 0 unspecified atom stereocenters. The molecule has 22 heavy (non-hydrogen) atoms. The summed E-state index contributed by atoms with van der Waals surface area (Å²) in [5.74, 6) is 0.398. The Morgan fingerprint density at radius 1 is 1.23 bits per heavy atom. The van der Waals surface area contributed by atoms with E-state index in [1.165, 1.54) is 13.3 Å². The van der Waals surface area contributed by atoms with E-state index in [2.05, 4.69) is 15.0 Å². The van der Waals surface area contributed by atoms with E-state index in [4.69, 9.17) is 9.84 Å². The van der Waals surface area contributed by atoms with Crippen molar-refractivity contribution >= 4 is 5.97 Å². The van der Waals surface area contributed by atoms with Crippen molar-refractivity contribution in [1.29, 1.82) is 0 Å². The molecule has 7 heteroatoms. The van der Waals surface area contributed by atoms with Gasteiger partial charge in [-0.2, -0.15) is 0 Å². The summed E-state index contributed by atoms with van der Waals surface area (Å²) in [6, 6.07) is 8.83. The average Bonchev–Trinajstić information content (AvgIpc) is 3.01. The molecule has 3 heterocycles. The topological polar surface area (TPSA) is 90.1 Å². The molecule has 0 bridgehead atoms. The van der Waals surface area contributed by atoms with Crippen molar-refractivity contribution in [2.24, 2.45) is 0 Å². The Morgan fingerprint density at radius 3 is 2.68 bits per heavy atom. The number of pyridine rings is 2. The summed E-state index contributed by atoms with van der Waals surface area (Å²) in [6.45, 7) is 0. The van der Waals surface area contributed by atoms with Crippen molar-refractivity contribution in [3.8, 4) is 23.1 Å². The number of rotatable bonds is 4. The molecular weight excluding hydrogens is 284 g/mol. The van der Waals surface area contributed by atoms with Gasteiger partial charge in [0.05, 0.1) is 7.11 Å². The highest BCUT2D eigenvalue weighted by Crippen LogP contribution is 2.23. The van der Waals surface area contributed by atoms with Crippen molar-refractivity contribution in [3.05, 3.63) is 54.6 Å². The molecule has 0 aliphatic heterocycles. The number of imidazole rings is 1. The van der Waals surface area contributed by atoms with Gasteiger partial charge in [0.25, 0.3) is 0 Å². The normalized spacial score (nSPS) is 10.4. The number of carbonyl (C=O) groups is 1. The quantitative estimate of drug-likeness (QED) is 0.792. The van der Waals surface area contributed by atoms with Crippen LogP contribution in [0.3, 0.4) is 0 Å². The van der Waals surface area contributed by atoms with Crippen LogP contribution in [0.2, 0.25) is 0 Å². The number of hydrogen-bond acceptors (Lipinski definition) is 5. The summed E-state index contributed by atoms with van der Waals surface area (Å²) in [7, 11) is 1.53. The summed E-state index contributed by atoms with van der Waals surface area (Å²) >= 11 is 0. The molecule has 110 valence electrons. The zero-order valence-electron chi connectivity index (χ0n) is 11.7. The molecule has 0 spiro atoms. The molecule has 0 amide bonds. The first-order valence-corrected chi connectivity index (χ1v) is 6.43. The number of nitrogens with zero attached hydrogens (tertiary/aromatic N) is 4. The maximum atomic E-state index is 11.2. The number of methoxy groups -OCH3 is 1. The highest BCUT2D eigenvalue weighted by Gasteiger charge is 2.16. The van der Waals surface area contributed by atoms with Gasteiger partial charge in [0.2, 0.25) is 5.88 Å². The predicted molar refractivity (Wildman–Crippen MR) is 78.1 cm³/mol. The lowest BCUT2D eigenvalue weighted by molar-refractivity contribution is 0.0691. The maximum Gasteiger partial charge on any atom is 0.356 e. The first-order valence-electron chi connectivity index (χ1n) is 6.43. The van der Waals surface area contributed by atoms with Crippen LogP contribution in [-0.2, 0) is 0 Å². The first kappa shape index (κ1) is 13.7. The van der Waals surface area contributed by atoms with Gasteiger partial charge < -0.3 is 9.84 Å². The van der Waals surface area contributed by atoms with Crippen LogP contribution in [0.4, 0.5) is 0 Å². The summed E-state index contributed by atoms with van der Waals surface area (Å²) < 4.78 is 6.64. The molecule has 0 saturated heterocycles. The van der Waals surface area contributed by atoms with Crippen LogP contribution in [0.15, 0.2) is 48.9 Å². The maximum absolute atomic E-state index is 11.2. The highest BCUT2D eigenvalue weighted by atomic mass is 16.5. The molecular formula is C15H12N4O3. The zero-order chi connectivity index (χ0) is 15.5. The fourth-order valence-electron chi connectivity index (χ4n) is 1.99. The Balaban J connectivity index is 2.14. The van der Waals surface area contributed by atoms with Gasteiger partial charge in [-0.3, -0.25) is 4.57 Å². The van der Waals surface area contributed by atoms with Crippen molar-refractivity contribution < 1.29 is 14.6 Å². The molecule has 0 atom stereocenters. The Morgan fingerprint density at radius 2 is 2.09 bits per heavy atom. The molecule has 1 N–H and O–H groups in total. The van der Waals surface area contributed by atoms with E-state index < -0.39 is 5.97 Å². The summed E-state index contributed by atoms with van der Waals surface area (Å²) in [6.07, 6.45) is 4.64. The zero-order valence-corrected chi connectivity index (χ0v) is 11.7. The van der Waals surface area contributed by atoms with Gasteiger partial charge in [-0.05, 0) is 18.2 Å². The summed E-state index contributed by atoms with van der Waals surface area (Å²) in [4.78, 5) is 23.7. The van der Waals surface area contributed by atoms with Crippen molar-refractivity contribution in [2.45, 2.75) is 0 Å². The molecule has 3 rings (SSSR count). The number of aromatic nitrogens is 4. The monoisotopic (exact) mass is 296 g/mol. The first-order chi connectivity index (χ1) is 10.7. The Kier molecular flexibility index (Phi) is 3.53. The Bertz CT molecular complexity index is 797. The van der Waals surface area contributed by atoms with E-state index in [-0.39, 0.29) is 5.69 Å². The van der Waals surface area contributed by atoms with E-state index in [1.54, 1.807) is 41.2 Å². The summed E-state index contributed by atoms with van der Waals surface area (Å²) in [5.41, 5.74) is 0.607. The molecule has 0 saturated carbocycles. The predicted octanol–water partition coefficient (Wildman–Crippen LogP) is 2.04. The van der Waals surface area contributed by atoms with Gasteiger partial charge in [-0.1, -0.05) is 6.07 Å². The van der Waals surface area contributed by atoms with Crippen molar-refractivity contribution in [1.82, 2.24) is 19.5 Å². The number of ether oxygens (including phenoxy) is 1. The van der Waals surface area contributed by atoms with Crippen LogP contribution in [0.25, 0.3) is 17.2 Å². The number of aromatic carboxylic acids is 1. The van der Waals surface area contributed by atoms with Crippen LogP contribution in [0.5, 0.6) is 5.88 Å². The molecule has 0 aliphatic rings. The fraction of sp³-hybridized carbons (Fsp3) is 0.0667. The third-order valence-corrected chi connectivity index (χ3v) is 3.02. The third-order valence-electron chi connectivity index (χ3n) is 3.02.